The Morgan fingerprint density at radius 1 is 0.957 bits per heavy atom. The van der Waals surface area contributed by atoms with E-state index in [2.05, 4.69) is 25.8 Å². The van der Waals surface area contributed by atoms with Gasteiger partial charge in [-0.2, -0.15) is 10.1 Å². The SMILES string of the molecule is Fc1ccc(Nc2cnnc(Nc3cccc(Cl)c3Cl)n2)cc1. The summed E-state index contributed by atoms with van der Waals surface area (Å²) in [5, 5.41) is 14.5. The lowest BCUT2D eigenvalue weighted by atomic mass is 10.3. The quantitative estimate of drug-likeness (QED) is 0.707. The summed E-state index contributed by atoms with van der Waals surface area (Å²) >= 11 is 12.1. The molecule has 116 valence electrons. The molecule has 3 rings (SSSR count). The molecule has 0 bridgehead atoms. The van der Waals surface area contributed by atoms with E-state index in [1.54, 1.807) is 30.3 Å². The molecular weight excluding hydrogens is 340 g/mol. The van der Waals surface area contributed by atoms with Crippen LogP contribution >= 0.6 is 23.2 Å². The van der Waals surface area contributed by atoms with Crippen molar-refractivity contribution in [2.75, 3.05) is 10.6 Å². The molecule has 0 aliphatic heterocycles. The van der Waals surface area contributed by atoms with Gasteiger partial charge in [0.1, 0.15) is 5.82 Å². The van der Waals surface area contributed by atoms with Crippen LogP contribution in [0.3, 0.4) is 0 Å². The smallest absolute Gasteiger partial charge is 0.249 e. The van der Waals surface area contributed by atoms with E-state index in [-0.39, 0.29) is 11.8 Å². The van der Waals surface area contributed by atoms with E-state index in [1.807, 2.05) is 0 Å². The number of halogens is 3. The zero-order valence-corrected chi connectivity index (χ0v) is 13.1. The number of anilines is 4. The number of aromatic nitrogens is 3. The summed E-state index contributed by atoms with van der Waals surface area (Å²) in [4.78, 5) is 4.27. The van der Waals surface area contributed by atoms with Gasteiger partial charge in [-0.25, -0.2) is 4.39 Å². The topological polar surface area (TPSA) is 62.7 Å². The maximum atomic E-state index is 12.9. The Balaban J connectivity index is 1.79. The van der Waals surface area contributed by atoms with Crippen LogP contribution in [-0.2, 0) is 0 Å². The van der Waals surface area contributed by atoms with Crippen molar-refractivity contribution in [2.24, 2.45) is 0 Å². The van der Waals surface area contributed by atoms with Crippen LogP contribution in [0.5, 0.6) is 0 Å². The monoisotopic (exact) mass is 349 g/mol. The highest BCUT2D eigenvalue weighted by Crippen LogP contribution is 2.31. The van der Waals surface area contributed by atoms with Gasteiger partial charge in [-0.15, -0.1) is 5.10 Å². The van der Waals surface area contributed by atoms with E-state index < -0.39 is 0 Å². The molecule has 0 radical (unpaired) electrons. The molecule has 5 nitrogen and oxygen atoms in total. The number of nitrogens with one attached hydrogen (secondary N) is 2. The first-order valence-electron chi connectivity index (χ1n) is 6.55. The third-order valence-corrected chi connectivity index (χ3v) is 3.69. The Kier molecular flexibility index (Phi) is 4.55. The zero-order valence-electron chi connectivity index (χ0n) is 11.6. The highest BCUT2D eigenvalue weighted by molar-refractivity contribution is 6.43. The highest BCUT2D eigenvalue weighted by Gasteiger charge is 2.07. The molecule has 23 heavy (non-hydrogen) atoms. The van der Waals surface area contributed by atoms with Crippen LogP contribution in [0.1, 0.15) is 0 Å². The number of nitrogens with zero attached hydrogens (tertiary/aromatic N) is 3. The molecule has 0 aliphatic carbocycles. The number of hydrogen-bond acceptors (Lipinski definition) is 5. The first-order valence-corrected chi connectivity index (χ1v) is 7.31. The van der Waals surface area contributed by atoms with Crippen molar-refractivity contribution in [1.29, 1.82) is 0 Å². The lowest BCUT2D eigenvalue weighted by Crippen LogP contribution is -2.02. The molecule has 8 heteroatoms. The summed E-state index contributed by atoms with van der Waals surface area (Å²) in [5.41, 5.74) is 1.25. The zero-order chi connectivity index (χ0) is 16.2. The maximum absolute atomic E-state index is 12.9. The summed E-state index contributed by atoms with van der Waals surface area (Å²) in [6, 6.07) is 11.1. The van der Waals surface area contributed by atoms with Crippen molar-refractivity contribution in [3.8, 4) is 0 Å². The van der Waals surface area contributed by atoms with Gasteiger partial charge in [-0.3, -0.25) is 0 Å². The van der Waals surface area contributed by atoms with Crippen molar-refractivity contribution >= 4 is 46.3 Å². The van der Waals surface area contributed by atoms with E-state index in [4.69, 9.17) is 23.2 Å². The van der Waals surface area contributed by atoms with Gasteiger partial charge in [0.25, 0.3) is 0 Å². The van der Waals surface area contributed by atoms with Crippen molar-refractivity contribution in [3.05, 3.63) is 64.5 Å². The Labute approximate surface area is 141 Å². The fourth-order valence-corrected chi connectivity index (χ4v) is 2.17. The van der Waals surface area contributed by atoms with Crippen LogP contribution < -0.4 is 10.6 Å². The minimum Gasteiger partial charge on any atom is -0.339 e. The minimum atomic E-state index is -0.311. The van der Waals surface area contributed by atoms with E-state index >= 15 is 0 Å². The van der Waals surface area contributed by atoms with Gasteiger partial charge in [0, 0.05) is 5.69 Å². The van der Waals surface area contributed by atoms with Crippen LogP contribution in [0.4, 0.5) is 27.5 Å². The van der Waals surface area contributed by atoms with E-state index in [0.717, 1.165) is 0 Å². The van der Waals surface area contributed by atoms with Crippen molar-refractivity contribution in [3.63, 3.8) is 0 Å². The van der Waals surface area contributed by atoms with Crippen LogP contribution in [0, 0.1) is 5.82 Å². The van der Waals surface area contributed by atoms with E-state index in [9.17, 15) is 4.39 Å². The van der Waals surface area contributed by atoms with Gasteiger partial charge < -0.3 is 10.6 Å². The first-order chi connectivity index (χ1) is 11.1. The van der Waals surface area contributed by atoms with Gasteiger partial charge in [0.15, 0.2) is 5.82 Å². The molecular formula is C15H10Cl2FN5. The summed E-state index contributed by atoms with van der Waals surface area (Å²) in [7, 11) is 0. The normalized spacial score (nSPS) is 10.4. The lowest BCUT2D eigenvalue weighted by molar-refractivity contribution is 0.628. The van der Waals surface area contributed by atoms with Crippen LogP contribution in [-0.4, -0.2) is 15.2 Å². The van der Waals surface area contributed by atoms with Crippen LogP contribution in [0.2, 0.25) is 10.0 Å². The van der Waals surface area contributed by atoms with Gasteiger partial charge in [-0.1, -0.05) is 29.3 Å². The molecule has 1 heterocycles. The third kappa shape index (κ3) is 3.85. The average Bonchev–Trinajstić information content (AvgIpc) is 2.54. The largest absolute Gasteiger partial charge is 0.339 e. The fraction of sp³-hybridized carbons (Fsp3) is 0. The van der Waals surface area contributed by atoms with Crippen molar-refractivity contribution in [1.82, 2.24) is 15.2 Å². The highest BCUT2D eigenvalue weighted by atomic mass is 35.5. The lowest BCUT2D eigenvalue weighted by Gasteiger charge is -2.09. The van der Waals surface area contributed by atoms with E-state index in [1.165, 1.54) is 18.3 Å². The molecule has 0 aliphatic rings. The van der Waals surface area contributed by atoms with Gasteiger partial charge in [0.2, 0.25) is 5.95 Å². The second-order valence-electron chi connectivity index (χ2n) is 4.52. The molecule has 3 aromatic rings. The molecule has 0 spiro atoms. The molecule has 2 N–H and O–H groups in total. The molecule has 0 atom stereocenters. The van der Waals surface area contributed by atoms with Crippen molar-refractivity contribution in [2.45, 2.75) is 0 Å². The molecule has 1 aromatic heterocycles. The average molecular weight is 350 g/mol. The minimum absolute atomic E-state index is 0.251. The Bertz CT molecular complexity index is 826. The van der Waals surface area contributed by atoms with Gasteiger partial charge in [0.05, 0.1) is 21.9 Å². The Morgan fingerprint density at radius 3 is 2.52 bits per heavy atom. The Morgan fingerprint density at radius 2 is 1.74 bits per heavy atom. The summed E-state index contributed by atoms with van der Waals surface area (Å²) in [5.74, 6) is 0.392. The summed E-state index contributed by atoms with van der Waals surface area (Å²) < 4.78 is 12.9. The molecule has 0 fully saturated rings. The van der Waals surface area contributed by atoms with E-state index in [0.29, 0.717) is 27.2 Å². The second kappa shape index (κ2) is 6.76. The standard InChI is InChI=1S/C15H10Cl2FN5/c16-11-2-1-3-12(14(11)17)21-15-22-13(8-19-23-15)20-10-6-4-9(18)5-7-10/h1-8H,(H2,20,21,22,23). The predicted octanol–water partition coefficient (Wildman–Crippen LogP) is 4.80. The van der Waals surface area contributed by atoms with Gasteiger partial charge in [-0.05, 0) is 36.4 Å². The molecule has 0 amide bonds. The third-order valence-electron chi connectivity index (χ3n) is 2.87. The number of hydrogen-bond donors (Lipinski definition) is 2. The second-order valence-corrected chi connectivity index (χ2v) is 5.31. The van der Waals surface area contributed by atoms with Crippen molar-refractivity contribution < 1.29 is 4.39 Å². The maximum Gasteiger partial charge on any atom is 0.249 e. The number of benzene rings is 2. The van der Waals surface area contributed by atoms with Crippen LogP contribution in [0.25, 0.3) is 0 Å². The van der Waals surface area contributed by atoms with Gasteiger partial charge >= 0.3 is 0 Å². The first kappa shape index (κ1) is 15.5. The molecule has 0 saturated carbocycles. The predicted molar refractivity (Wildman–Crippen MR) is 89.3 cm³/mol. The molecule has 0 saturated heterocycles. The summed E-state index contributed by atoms with van der Waals surface area (Å²) in [6.45, 7) is 0. The summed E-state index contributed by atoms with van der Waals surface area (Å²) in [6.07, 6.45) is 1.45. The molecule has 2 aromatic carbocycles. The molecule has 0 unspecified atom stereocenters. The fourth-order valence-electron chi connectivity index (χ4n) is 1.82. The Hall–Kier alpha value is -2.44. The number of rotatable bonds is 4. The van der Waals surface area contributed by atoms with Crippen LogP contribution in [0.15, 0.2) is 48.7 Å².